The van der Waals surface area contributed by atoms with Gasteiger partial charge in [0.1, 0.15) is 5.75 Å². The largest absolute Gasteiger partial charge is 0.484 e. The number of aliphatic carboxylic acids is 1. The number of benzene rings is 1. The molecule has 2 N–H and O–H groups in total. The SMILES string of the molecule is CC(CN(C)C(=O)Nc1ccc(OCC(F)(F)F)cc1)C(=O)O. The number of hydrogen-bond acceptors (Lipinski definition) is 3. The van der Waals surface area contributed by atoms with Crippen LogP contribution < -0.4 is 10.1 Å². The van der Waals surface area contributed by atoms with Gasteiger partial charge in [-0.15, -0.1) is 0 Å². The monoisotopic (exact) mass is 334 g/mol. The molecule has 0 spiro atoms. The van der Waals surface area contributed by atoms with Crippen LogP contribution >= 0.6 is 0 Å². The summed E-state index contributed by atoms with van der Waals surface area (Å²) in [5.74, 6) is -1.71. The third-order valence-electron chi connectivity index (χ3n) is 2.82. The van der Waals surface area contributed by atoms with Crippen LogP contribution in [0.3, 0.4) is 0 Å². The van der Waals surface area contributed by atoms with E-state index < -0.39 is 30.7 Å². The summed E-state index contributed by atoms with van der Waals surface area (Å²) in [6, 6.07) is 4.83. The van der Waals surface area contributed by atoms with Crippen LogP contribution in [0.4, 0.5) is 23.7 Å². The molecule has 0 aliphatic rings. The molecule has 0 heterocycles. The number of rotatable bonds is 6. The van der Waals surface area contributed by atoms with E-state index in [0.717, 1.165) is 0 Å². The zero-order valence-corrected chi connectivity index (χ0v) is 12.6. The highest BCUT2D eigenvalue weighted by atomic mass is 19.4. The summed E-state index contributed by atoms with van der Waals surface area (Å²) in [5.41, 5.74) is 0.351. The number of amides is 2. The molecule has 0 bridgehead atoms. The van der Waals surface area contributed by atoms with E-state index in [1.54, 1.807) is 0 Å². The van der Waals surface area contributed by atoms with Crippen molar-refractivity contribution in [1.29, 1.82) is 0 Å². The van der Waals surface area contributed by atoms with Crippen LogP contribution in [-0.4, -0.2) is 48.4 Å². The highest BCUT2D eigenvalue weighted by Gasteiger charge is 2.28. The van der Waals surface area contributed by atoms with Crippen LogP contribution in [0.5, 0.6) is 5.75 Å². The van der Waals surface area contributed by atoms with Gasteiger partial charge in [-0.2, -0.15) is 13.2 Å². The van der Waals surface area contributed by atoms with Gasteiger partial charge in [0.25, 0.3) is 0 Å². The fourth-order valence-electron chi connectivity index (χ4n) is 1.59. The van der Waals surface area contributed by atoms with E-state index in [9.17, 15) is 22.8 Å². The Morgan fingerprint density at radius 3 is 2.35 bits per heavy atom. The Morgan fingerprint density at radius 2 is 1.87 bits per heavy atom. The van der Waals surface area contributed by atoms with Gasteiger partial charge in [0.15, 0.2) is 6.61 Å². The topological polar surface area (TPSA) is 78.9 Å². The summed E-state index contributed by atoms with van der Waals surface area (Å²) >= 11 is 0. The molecule has 0 fully saturated rings. The van der Waals surface area contributed by atoms with E-state index in [-0.39, 0.29) is 12.3 Å². The van der Waals surface area contributed by atoms with E-state index >= 15 is 0 Å². The summed E-state index contributed by atoms with van der Waals surface area (Å²) in [4.78, 5) is 23.8. The standard InChI is InChI=1S/C14H17F3N2O4/c1-9(12(20)21)7-19(2)13(22)18-10-3-5-11(6-4-10)23-8-14(15,16)17/h3-6,9H,7-8H2,1-2H3,(H,18,22)(H,20,21). The lowest BCUT2D eigenvalue weighted by Gasteiger charge is -2.20. The van der Waals surface area contributed by atoms with Gasteiger partial charge in [-0.25, -0.2) is 4.79 Å². The van der Waals surface area contributed by atoms with Crippen LogP contribution in [0.15, 0.2) is 24.3 Å². The van der Waals surface area contributed by atoms with Gasteiger partial charge in [-0.3, -0.25) is 4.79 Å². The van der Waals surface area contributed by atoms with Gasteiger partial charge in [-0.05, 0) is 24.3 Å². The minimum absolute atomic E-state index is 0.0215. The highest BCUT2D eigenvalue weighted by molar-refractivity contribution is 5.89. The molecule has 9 heteroatoms. The molecule has 23 heavy (non-hydrogen) atoms. The lowest BCUT2D eigenvalue weighted by molar-refractivity contribution is -0.153. The second-order valence-electron chi connectivity index (χ2n) is 4.98. The van der Waals surface area contributed by atoms with Crippen molar-refractivity contribution in [2.24, 2.45) is 5.92 Å². The number of urea groups is 1. The molecule has 1 unspecified atom stereocenters. The first-order valence-corrected chi connectivity index (χ1v) is 6.63. The van der Waals surface area contributed by atoms with Gasteiger partial charge in [0.2, 0.25) is 0 Å². The predicted molar refractivity (Wildman–Crippen MR) is 76.4 cm³/mol. The minimum Gasteiger partial charge on any atom is -0.484 e. The van der Waals surface area contributed by atoms with Crippen molar-refractivity contribution in [1.82, 2.24) is 4.90 Å². The van der Waals surface area contributed by atoms with E-state index in [1.165, 1.54) is 43.1 Å². The van der Waals surface area contributed by atoms with Crippen LogP contribution in [0.25, 0.3) is 0 Å². The summed E-state index contributed by atoms with van der Waals surface area (Å²) < 4.78 is 40.6. The highest BCUT2D eigenvalue weighted by Crippen LogP contribution is 2.20. The van der Waals surface area contributed by atoms with Crippen molar-refractivity contribution >= 4 is 17.7 Å². The third kappa shape index (κ3) is 6.90. The number of carbonyl (C=O) groups excluding carboxylic acids is 1. The molecular formula is C14H17F3N2O4. The lowest BCUT2D eigenvalue weighted by atomic mass is 10.2. The van der Waals surface area contributed by atoms with Crippen molar-refractivity contribution in [3.05, 3.63) is 24.3 Å². The number of carbonyl (C=O) groups is 2. The fourth-order valence-corrected chi connectivity index (χ4v) is 1.59. The lowest BCUT2D eigenvalue weighted by Crippen LogP contribution is -2.36. The molecule has 1 atom stereocenters. The van der Waals surface area contributed by atoms with Gasteiger partial charge in [0, 0.05) is 19.3 Å². The van der Waals surface area contributed by atoms with Crippen molar-refractivity contribution in [2.45, 2.75) is 13.1 Å². The zero-order chi connectivity index (χ0) is 17.6. The molecule has 1 aromatic carbocycles. The number of carboxylic acid groups (broad SMARTS) is 1. The van der Waals surface area contributed by atoms with Gasteiger partial charge >= 0.3 is 18.2 Å². The number of ether oxygens (including phenoxy) is 1. The van der Waals surface area contributed by atoms with Crippen molar-refractivity contribution < 1.29 is 32.6 Å². The molecule has 0 aliphatic heterocycles. The maximum atomic E-state index is 12.0. The number of hydrogen-bond donors (Lipinski definition) is 2. The number of anilines is 1. The van der Waals surface area contributed by atoms with Gasteiger partial charge in [-0.1, -0.05) is 6.92 Å². The molecule has 0 aromatic heterocycles. The number of nitrogens with zero attached hydrogens (tertiary/aromatic N) is 1. The molecule has 2 amide bonds. The molecule has 1 aromatic rings. The molecule has 0 aliphatic carbocycles. The van der Waals surface area contributed by atoms with Crippen molar-refractivity contribution in [2.75, 3.05) is 25.5 Å². The Bertz CT molecular complexity index is 546. The average molecular weight is 334 g/mol. The molecule has 128 valence electrons. The van der Waals surface area contributed by atoms with Crippen LogP contribution in [-0.2, 0) is 4.79 Å². The quantitative estimate of drug-likeness (QED) is 0.838. The number of alkyl halides is 3. The summed E-state index contributed by atoms with van der Waals surface area (Å²) in [6.45, 7) is 0.0986. The predicted octanol–water partition coefficient (Wildman–Crippen LogP) is 2.81. The Kier molecular flexibility index (Phi) is 6.23. The average Bonchev–Trinajstić information content (AvgIpc) is 2.45. The number of carboxylic acids is 1. The zero-order valence-electron chi connectivity index (χ0n) is 12.6. The normalized spacial score (nSPS) is 12.4. The fraction of sp³-hybridized carbons (Fsp3) is 0.429. The number of nitrogens with one attached hydrogen (secondary N) is 1. The third-order valence-corrected chi connectivity index (χ3v) is 2.82. The molecule has 0 radical (unpaired) electrons. The molecule has 1 rings (SSSR count). The molecule has 6 nitrogen and oxygen atoms in total. The Morgan fingerprint density at radius 1 is 1.30 bits per heavy atom. The molecule has 0 saturated heterocycles. The summed E-state index contributed by atoms with van der Waals surface area (Å²) in [5, 5.41) is 11.3. The Balaban J connectivity index is 2.54. The second kappa shape index (κ2) is 7.70. The van der Waals surface area contributed by atoms with Gasteiger partial charge in [0.05, 0.1) is 5.92 Å². The Hall–Kier alpha value is -2.45. The maximum Gasteiger partial charge on any atom is 0.422 e. The van der Waals surface area contributed by atoms with Gasteiger partial charge < -0.3 is 20.1 Å². The van der Waals surface area contributed by atoms with E-state index in [1.807, 2.05) is 0 Å². The first-order valence-electron chi connectivity index (χ1n) is 6.63. The van der Waals surface area contributed by atoms with E-state index in [2.05, 4.69) is 10.1 Å². The Labute approximate surface area is 130 Å². The summed E-state index contributed by atoms with van der Waals surface area (Å²) in [6.07, 6.45) is -4.42. The smallest absolute Gasteiger partial charge is 0.422 e. The molecular weight excluding hydrogens is 317 g/mol. The van der Waals surface area contributed by atoms with E-state index in [4.69, 9.17) is 5.11 Å². The van der Waals surface area contributed by atoms with Crippen LogP contribution in [0, 0.1) is 5.92 Å². The van der Waals surface area contributed by atoms with E-state index in [0.29, 0.717) is 5.69 Å². The first-order chi connectivity index (χ1) is 10.6. The second-order valence-corrected chi connectivity index (χ2v) is 4.98. The summed E-state index contributed by atoms with van der Waals surface area (Å²) in [7, 11) is 1.44. The van der Waals surface area contributed by atoms with Crippen molar-refractivity contribution in [3.63, 3.8) is 0 Å². The maximum absolute atomic E-state index is 12.0. The van der Waals surface area contributed by atoms with Crippen LogP contribution in [0.2, 0.25) is 0 Å². The number of halogens is 3. The minimum atomic E-state index is -4.42. The first kappa shape index (κ1) is 18.6. The van der Waals surface area contributed by atoms with Crippen molar-refractivity contribution in [3.8, 4) is 5.75 Å². The molecule has 0 saturated carbocycles. The van der Waals surface area contributed by atoms with Crippen LogP contribution in [0.1, 0.15) is 6.92 Å².